The molecule has 0 saturated carbocycles. The van der Waals surface area contributed by atoms with Crippen LogP contribution in [0.15, 0.2) is 24.3 Å². The Morgan fingerprint density at radius 1 is 1.33 bits per heavy atom. The zero-order valence-corrected chi connectivity index (χ0v) is 13.2. The first-order valence-corrected chi connectivity index (χ1v) is 7.16. The number of nitrogens with one attached hydrogen (secondary N) is 2. The largest absolute Gasteiger partial charge is 0.468 e. The molecule has 1 rings (SSSR count). The molecule has 0 aliphatic carbocycles. The molecule has 0 aliphatic rings. The number of benzene rings is 1. The number of carbonyl (C=O) groups is 2. The summed E-state index contributed by atoms with van der Waals surface area (Å²) in [5, 5.41) is 6.18. The van der Waals surface area contributed by atoms with E-state index < -0.39 is 6.04 Å². The summed E-state index contributed by atoms with van der Waals surface area (Å²) in [6, 6.07) is 6.40. The average Bonchev–Trinajstić information content (AvgIpc) is 2.42. The minimum Gasteiger partial charge on any atom is -0.468 e. The SMILES string of the molecule is COC(=O)C(CC(C)C)NCC(=O)Nc1cccc(Cl)c1. The molecular formula is C15H21ClN2O3. The highest BCUT2D eigenvalue weighted by Crippen LogP contribution is 2.14. The molecule has 0 radical (unpaired) electrons. The van der Waals surface area contributed by atoms with Crippen LogP contribution >= 0.6 is 11.6 Å². The van der Waals surface area contributed by atoms with Crippen LogP contribution in [0.25, 0.3) is 0 Å². The zero-order chi connectivity index (χ0) is 15.8. The number of ether oxygens (including phenoxy) is 1. The van der Waals surface area contributed by atoms with Crippen molar-refractivity contribution in [2.75, 3.05) is 19.0 Å². The van der Waals surface area contributed by atoms with Crippen LogP contribution in [0, 0.1) is 5.92 Å². The van der Waals surface area contributed by atoms with Gasteiger partial charge in [0.05, 0.1) is 13.7 Å². The van der Waals surface area contributed by atoms with Crippen molar-refractivity contribution in [2.24, 2.45) is 5.92 Å². The minimum atomic E-state index is -0.486. The molecule has 1 unspecified atom stereocenters. The smallest absolute Gasteiger partial charge is 0.322 e. The van der Waals surface area contributed by atoms with E-state index in [-0.39, 0.29) is 18.4 Å². The van der Waals surface area contributed by atoms with E-state index in [4.69, 9.17) is 16.3 Å². The Morgan fingerprint density at radius 3 is 2.62 bits per heavy atom. The number of hydrogen-bond donors (Lipinski definition) is 2. The first kappa shape index (κ1) is 17.5. The molecule has 1 aromatic rings. The maximum absolute atomic E-state index is 11.9. The van der Waals surface area contributed by atoms with Gasteiger partial charge in [0.1, 0.15) is 6.04 Å². The summed E-state index contributed by atoms with van der Waals surface area (Å²) >= 11 is 5.85. The van der Waals surface area contributed by atoms with E-state index in [9.17, 15) is 9.59 Å². The van der Waals surface area contributed by atoms with Crippen molar-refractivity contribution in [3.8, 4) is 0 Å². The Hall–Kier alpha value is -1.59. The third kappa shape index (κ3) is 6.60. The molecule has 0 heterocycles. The van der Waals surface area contributed by atoms with E-state index in [0.717, 1.165) is 0 Å². The molecule has 5 nitrogen and oxygen atoms in total. The van der Waals surface area contributed by atoms with Crippen molar-refractivity contribution >= 4 is 29.2 Å². The van der Waals surface area contributed by atoms with Crippen molar-refractivity contribution in [1.29, 1.82) is 0 Å². The second kappa shape index (κ2) is 8.64. The lowest BCUT2D eigenvalue weighted by Crippen LogP contribution is -2.42. The van der Waals surface area contributed by atoms with E-state index >= 15 is 0 Å². The van der Waals surface area contributed by atoms with Gasteiger partial charge in [0, 0.05) is 10.7 Å². The molecule has 6 heteroatoms. The van der Waals surface area contributed by atoms with E-state index in [2.05, 4.69) is 10.6 Å². The van der Waals surface area contributed by atoms with Crippen LogP contribution in [0.1, 0.15) is 20.3 Å². The molecular weight excluding hydrogens is 292 g/mol. The van der Waals surface area contributed by atoms with Crippen LogP contribution in [0.4, 0.5) is 5.69 Å². The van der Waals surface area contributed by atoms with Gasteiger partial charge >= 0.3 is 5.97 Å². The topological polar surface area (TPSA) is 67.4 Å². The summed E-state index contributed by atoms with van der Waals surface area (Å²) in [5.41, 5.74) is 0.618. The summed E-state index contributed by atoms with van der Waals surface area (Å²) in [4.78, 5) is 23.5. The highest BCUT2D eigenvalue weighted by Gasteiger charge is 2.20. The lowest BCUT2D eigenvalue weighted by Gasteiger charge is -2.18. The first-order chi connectivity index (χ1) is 9.92. The molecule has 0 fully saturated rings. The molecule has 1 atom stereocenters. The zero-order valence-electron chi connectivity index (χ0n) is 12.5. The van der Waals surface area contributed by atoms with Crippen LogP contribution in [0.5, 0.6) is 0 Å². The summed E-state index contributed by atoms with van der Waals surface area (Å²) in [6.45, 7) is 4.03. The van der Waals surface area contributed by atoms with Gasteiger partial charge in [0.2, 0.25) is 5.91 Å². The Balaban J connectivity index is 2.51. The molecule has 2 N–H and O–H groups in total. The molecule has 1 amide bonds. The van der Waals surface area contributed by atoms with Gasteiger partial charge in [-0.15, -0.1) is 0 Å². The van der Waals surface area contributed by atoms with Crippen molar-refractivity contribution in [3.05, 3.63) is 29.3 Å². The van der Waals surface area contributed by atoms with Gasteiger partial charge < -0.3 is 10.1 Å². The third-order valence-corrected chi connectivity index (χ3v) is 3.05. The Bertz CT molecular complexity index is 492. The molecule has 0 saturated heterocycles. The molecule has 0 bridgehead atoms. The standard InChI is InChI=1S/C15H21ClN2O3/c1-10(2)7-13(15(20)21-3)17-9-14(19)18-12-6-4-5-11(16)8-12/h4-6,8,10,13,17H,7,9H2,1-3H3,(H,18,19). The van der Waals surface area contributed by atoms with Gasteiger partial charge in [0.15, 0.2) is 0 Å². The van der Waals surface area contributed by atoms with Crippen molar-refractivity contribution in [2.45, 2.75) is 26.3 Å². The van der Waals surface area contributed by atoms with E-state index in [0.29, 0.717) is 23.0 Å². The van der Waals surface area contributed by atoms with Gasteiger partial charge in [-0.25, -0.2) is 0 Å². The maximum Gasteiger partial charge on any atom is 0.322 e. The molecule has 21 heavy (non-hydrogen) atoms. The second-order valence-electron chi connectivity index (χ2n) is 5.14. The molecule has 1 aromatic carbocycles. The Labute approximate surface area is 130 Å². The maximum atomic E-state index is 11.9. The lowest BCUT2D eigenvalue weighted by atomic mass is 10.0. The van der Waals surface area contributed by atoms with Gasteiger partial charge in [-0.2, -0.15) is 0 Å². The van der Waals surface area contributed by atoms with E-state index in [1.54, 1.807) is 24.3 Å². The summed E-state index contributed by atoms with van der Waals surface area (Å²) in [5.74, 6) is -0.285. The van der Waals surface area contributed by atoms with Gasteiger partial charge in [-0.3, -0.25) is 14.9 Å². The highest BCUT2D eigenvalue weighted by atomic mass is 35.5. The lowest BCUT2D eigenvalue weighted by molar-refractivity contribution is -0.143. The van der Waals surface area contributed by atoms with Gasteiger partial charge in [-0.1, -0.05) is 31.5 Å². The highest BCUT2D eigenvalue weighted by molar-refractivity contribution is 6.30. The number of rotatable bonds is 7. The fourth-order valence-electron chi connectivity index (χ4n) is 1.86. The van der Waals surface area contributed by atoms with Crippen molar-refractivity contribution < 1.29 is 14.3 Å². The fourth-order valence-corrected chi connectivity index (χ4v) is 2.05. The molecule has 0 aliphatic heterocycles. The van der Waals surface area contributed by atoms with Crippen LogP contribution < -0.4 is 10.6 Å². The van der Waals surface area contributed by atoms with Crippen LogP contribution in [0.3, 0.4) is 0 Å². The van der Waals surface area contributed by atoms with Gasteiger partial charge in [-0.05, 0) is 30.5 Å². The number of amides is 1. The van der Waals surface area contributed by atoms with E-state index in [1.807, 2.05) is 13.8 Å². The number of carbonyl (C=O) groups excluding carboxylic acids is 2. The molecule has 0 spiro atoms. The predicted molar refractivity (Wildman–Crippen MR) is 83.3 cm³/mol. The van der Waals surface area contributed by atoms with Crippen LogP contribution in [-0.2, 0) is 14.3 Å². The predicted octanol–water partition coefficient (Wildman–Crippen LogP) is 2.46. The van der Waals surface area contributed by atoms with Crippen LogP contribution in [0.2, 0.25) is 5.02 Å². The summed E-state index contributed by atoms with van der Waals surface area (Å²) in [7, 11) is 1.34. The Kier molecular flexibility index (Phi) is 7.19. The summed E-state index contributed by atoms with van der Waals surface area (Å²) < 4.78 is 4.73. The second-order valence-corrected chi connectivity index (χ2v) is 5.58. The minimum absolute atomic E-state index is 0.0268. The monoisotopic (exact) mass is 312 g/mol. The van der Waals surface area contributed by atoms with Crippen molar-refractivity contribution in [1.82, 2.24) is 5.32 Å². The fraction of sp³-hybridized carbons (Fsp3) is 0.467. The number of halogens is 1. The molecule has 116 valence electrons. The normalized spacial score (nSPS) is 12.0. The van der Waals surface area contributed by atoms with Crippen molar-refractivity contribution in [3.63, 3.8) is 0 Å². The number of hydrogen-bond acceptors (Lipinski definition) is 4. The third-order valence-electron chi connectivity index (χ3n) is 2.81. The van der Waals surface area contributed by atoms with Crippen LogP contribution in [-0.4, -0.2) is 31.6 Å². The van der Waals surface area contributed by atoms with E-state index in [1.165, 1.54) is 7.11 Å². The molecule has 0 aromatic heterocycles. The number of esters is 1. The van der Waals surface area contributed by atoms with Gasteiger partial charge in [0.25, 0.3) is 0 Å². The Morgan fingerprint density at radius 2 is 2.05 bits per heavy atom. The number of methoxy groups -OCH3 is 1. The quantitative estimate of drug-likeness (QED) is 0.759. The average molecular weight is 313 g/mol. The number of anilines is 1. The summed E-state index contributed by atoms with van der Waals surface area (Å²) in [6.07, 6.45) is 0.608. The first-order valence-electron chi connectivity index (χ1n) is 6.79.